The third-order valence-corrected chi connectivity index (χ3v) is 5.79. The summed E-state index contributed by atoms with van der Waals surface area (Å²) in [4.78, 5) is 20.8. The van der Waals surface area contributed by atoms with E-state index in [0.717, 1.165) is 58.8 Å². The fourth-order valence-corrected chi connectivity index (χ4v) is 4.42. The van der Waals surface area contributed by atoms with E-state index in [-0.39, 0.29) is 17.9 Å². The minimum absolute atomic E-state index is 0.0352. The number of rotatable bonds is 6. The highest BCUT2D eigenvalue weighted by Crippen LogP contribution is 2.42. The molecule has 2 atom stereocenters. The van der Waals surface area contributed by atoms with Gasteiger partial charge in [-0.15, -0.1) is 0 Å². The number of ether oxygens (including phenoxy) is 2. The molecule has 4 heterocycles. The number of nitrogens with zero attached hydrogens (tertiary/aromatic N) is 3. The van der Waals surface area contributed by atoms with E-state index >= 15 is 0 Å². The molecule has 6 nitrogen and oxygen atoms in total. The van der Waals surface area contributed by atoms with Gasteiger partial charge >= 0.3 is 0 Å². The number of carbonyl (C=O) groups is 1. The van der Waals surface area contributed by atoms with Gasteiger partial charge in [0, 0.05) is 56.5 Å². The Morgan fingerprint density at radius 3 is 3.08 bits per heavy atom. The molecule has 0 aliphatic carbocycles. The molecule has 0 aromatic carbocycles. The second-order valence-corrected chi connectivity index (χ2v) is 7.69. The van der Waals surface area contributed by atoms with Crippen molar-refractivity contribution in [3.63, 3.8) is 0 Å². The van der Waals surface area contributed by atoms with Crippen molar-refractivity contribution < 1.29 is 14.3 Å². The summed E-state index contributed by atoms with van der Waals surface area (Å²) in [5.74, 6) is 0.626. The van der Waals surface area contributed by atoms with Gasteiger partial charge in [-0.05, 0) is 24.5 Å². The first-order valence-electron chi connectivity index (χ1n) is 9.30. The van der Waals surface area contributed by atoms with Gasteiger partial charge in [-0.1, -0.05) is 6.07 Å². The number of amides is 1. The zero-order valence-electron chi connectivity index (χ0n) is 14.7. The molecule has 0 N–H and O–H groups in total. The Kier molecular flexibility index (Phi) is 5.01. The molecule has 3 aliphatic rings. The van der Waals surface area contributed by atoms with Crippen LogP contribution in [0.25, 0.3) is 0 Å². The minimum Gasteiger partial charge on any atom is -0.380 e. The lowest BCUT2D eigenvalue weighted by Gasteiger charge is -2.27. The summed E-state index contributed by atoms with van der Waals surface area (Å²) in [5.41, 5.74) is 1.27. The van der Waals surface area contributed by atoms with Gasteiger partial charge in [-0.25, -0.2) is 0 Å². The van der Waals surface area contributed by atoms with E-state index in [9.17, 15) is 4.79 Å². The maximum atomic E-state index is 12.2. The van der Waals surface area contributed by atoms with Crippen molar-refractivity contribution in [1.82, 2.24) is 14.8 Å². The average Bonchev–Trinajstić information content (AvgIpc) is 3.31. The summed E-state index contributed by atoms with van der Waals surface area (Å²) >= 11 is 0. The van der Waals surface area contributed by atoms with E-state index in [1.807, 2.05) is 23.4 Å². The van der Waals surface area contributed by atoms with Gasteiger partial charge in [0.2, 0.25) is 5.91 Å². The lowest BCUT2D eigenvalue weighted by molar-refractivity contribution is -0.136. The predicted octanol–water partition coefficient (Wildman–Crippen LogP) is 1.17. The molecule has 4 rings (SSSR count). The van der Waals surface area contributed by atoms with Crippen LogP contribution in [0.15, 0.2) is 24.5 Å². The third kappa shape index (κ3) is 3.71. The molecule has 0 unspecified atom stereocenters. The van der Waals surface area contributed by atoms with Crippen LogP contribution in [-0.4, -0.2) is 73.3 Å². The molecule has 0 bridgehead atoms. The fourth-order valence-electron chi connectivity index (χ4n) is 4.42. The summed E-state index contributed by atoms with van der Waals surface area (Å²) in [6, 6.07) is 4.10. The largest absolute Gasteiger partial charge is 0.380 e. The molecule has 1 aromatic heterocycles. The van der Waals surface area contributed by atoms with Crippen molar-refractivity contribution >= 4 is 5.91 Å². The average molecular weight is 345 g/mol. The van der Waals surface area contributed by atoms with E-state index in [4.69, 9.17) is 9.47 Å². The number of hydrogen-bond acceptors (Lipinski definition) is 5. The summed E-state index contributed by atoms with van der Waals surface area (Å²) < 4.78 is 11.6. The Balaban J connectivity index is 1.31. The van der Waals surface area contributed by atoms with Gasteiger partial charge in [0.05, 0.1) is 19.8 Å². The van der Waals surface area contributed by atoms with Crippen molar-refractivity contribution in [2.75, 3.05) is 52.6 Å². The van der Waals surface area contributed by atoms with E-state index in [1.165, 1.54) is 5.56 Å². The van der Waals surface area contributed by atoms with Gasteiger partial charge in [-0.3, -0.25) is 14.7 Å². The van der Waals surface area contributed by atoms with Crippen molar-refractivity contribution in [2.45, 2.75) is 19.4 Å². The van der Waals surface area contributed by atoms with Crippen molar-refractivity contribution in [3.05, 3.63) is 30.1 Å². The monoisotopic (exact) mass is 345 g/mol. The maximum absolute atomic E-state index is 12.2. The SMILES string of the molecule is O=C(COC[C@@]12COC[C@@H]1CN(Cc1cccnc1)C2)N1CCCC1. The topological polar surface area (TPSA) is 54.9 Å². The fraction of sp³-hybridized carbons (Fsp3) is 0.684. The first-order chi connectivity index (χ1) is 12.3. The Morgan fingerprint density at radius 1 is 1.40 bits per heavy atom. The van der Waals surface area contributed by atoms with E-state index < -0.39 is 0 Å². The van der Waals surface area contributed by atoms with Crippen LogP contribution < -0.4 is 0 Å². The van der Waals surface area contributed by atoms with Gasteiger partial charge in [0.1, 0.15) is 6.61 Å². The Bertz CT molecular complexity index is 591. The van der Waals surface area contributed by atoms with Crippen LogP contribution in [0.5, 0.6) is 0 Å². The van der Waals surface area contributed by atoms with Gasteiger partial charge in [0.25, 0.3) is 0 Å². The molecule has 3 fully saturated rings. The molecule has 25 heavy (non-hydrogen) atoms. The van der Waals surface area contributed by atoms with Crippen LogP contribution in [0, 0.1) is 11.3 Å². The van der Waals surface area contributed by atoms with E-state index in [1.54, 1.807) is 0 Å². The van der Waals surface area contributed by atoms with Crippen LogP contribution in [0.2, 0.25) is 0 Å². The first kappa shape index (κ1) is 16.9. The second kappa shape index (κ2) is 7.40. The normalized spacial score (nSPS) is 29.3. The maximum Gasteiger partial charge on any atom is 0.248 e. The standard InChI is InChI=1S/C19H27N3O3/c23-18(22-6-1-2-7-22)12-25-15-19-13-21(10-17(19)11-24-14-19)9-16-4-3-5-20-8-16/h3-5,8,17H,1-2,6-7,9-15H2/t17-,19+/m0/s1. The van der Waals surface area contributed by atoms with E-state index in [0.29, 0.717) is 12.5 Å². The molecule has 6 heteroatoms. The Labute approximate surface area is 149 Å². The number of likely N-dealkylation sites (tertiary alicyclic amines) is 2. The third-order valence-electron chi connectivity index (χ3n) is 5.79. The zero-order valence-corrected chi connectivity index (χ0v) is 14.7. The van der Waals surface area contributed by atoms with Gasteiger partial charge in [0.15, 0.2) is 0 Å². The lowest BCUT2D eigenvalue weighted by atomic mass is 9.82. The Morgan fingerprint density at radius 2 is 2.28 bits per heavy atom. The smallest absolute Gasteiger partial charge is 0.248 e. The van der Waals surface area contributed by atoms with E-state index in [2.05, 4.69) is 16.0 Å². The molecule has 1 amide bonds. The van der Waals surface area contributed by atoms with Gasteiger partial charge < -0.3 is 14.4 Å². The molecule has 1 aromatic rings. The Hall–Kier alpha value is -1.50. The lowest BCUT2D eigenvalue weighted by Crippen LogP contribution is -2.38. The first-order valence-corrected chi connectivity index (χ1v) is 9.30. The molecule has 136 valence electrons. The van der Waals surface area contributed by atoms with Crippen LogP contribution in [0.3, 0.4) is 0 Å². The van der Waals surface area contributed by atoms with Crippen LogP contribution in [-0.2, 0) is 20.8 Å². The molecular formula is C19H27N3O3. The van der Waals surface area contributed by atoms with Crippen LogP contribution in [0.1, 0.15) is 18.4 Å². The summed E-state index contributed by atoms with van der Waals surface area (Å²) in [7, 11) is 0. The van der Waals surface area contributed by atoms with Crippen LogP contribution in [0.4, 0.5) is 0 Å². The predicted molar refractivity (Wildman–Crippen MR) is 92.9 cm³/mol. The molecule has 3 saturated heterocycles. The highest BCUT2D eigenvalue weighted by Gasteiger charge is 2.50. The number of fused-ring (bicyclic) bond motifs is 1. The molecule has 0 radical (unpaired) electrons. The zero-order chi connectivity index (χ0) is 17.1. The van der Waals surface area contributed by atoms with Crippen molar-refractivity contribution in [2.24, 2.45) is 11.3 Å². The molecule has 0 spiro atoms. The van der Waals surface area contributed by atoms with Crippen molar-refractivity contribution in [1.29, 1.82) is 0 Å². The molecule has 0 saturated carbocycles. The number of hydrogen-bond donors (Lipinski definition) is 0. The quantitative estimate of drug-likeness (QED) is 0.775. The highest BCUT2D eigenvalue weighted by molar-refractivity contribution is 5.77. The highest BCUT2D eigenvalue weighted by atomic mass is 16.5. The number of aromatic nitrogens is 1. The van der Waals surface area contributed by atoms with Gasteiger partial charge in [-0.2, -0.15) is 0 Å². The minimum atomic E-state index is 0.0352. The van der Waals surface area contributed by atoms with Crippen LogP contribution >= 0.6 is 0 Å². The number of carbonyl (C=O) groups excluding carboxylic acids is 1. The molecular weight excluding hydrogens is 318 g/mol. The summed E-state index contributed by atoms with van der Waals surface area (Å²) in [5, 5.41) is 0. The number of pyridine rings is 1. The second-order valence-electron chi connectivity index (χ2n) is 7.69. The summed E-state index contributed by atoms with van der Waals surface area (Å²) in [6.45, 7) is 7.03. The molecule has 3 aliphatic heterocycles. The summed E-state index contributed by atoms with van der Waals surface area (Å²) in [6.07, 6.45) is 5.98. The van der Waals surface area contributed by atoms with Crippen molar-refractivity contribution in [3.8, 4) is 0 Å².